The van der Waals surface area contributed by atoms with E-state index in [0.29, 0.717) is 25.9 Å². The fraction of sp³-hybridized carbons (Fsp3) is 0.533. The van der Waals surface area contributed by atoms with Crippen LogP contribution in [0, 0.1) is 11.8 Å². The average molecular weight is 1510 g/mol. The number of likely N-dealkylation sites (tertiary alicyclic amines) is 2. The highest BCUT2D eigenvalue weighted by Crippen LogP contribution is 2.44. The lowest BCUT2D eigenvalue weighted by atomic mass is 9.78. The SMILES string of the molecule is CC.CC.CC.CC.CC.CC.CC.CC.CC.CC.CC[C@@H]1O[C@H](CO)[C@@H](O)[C@H](O)[C@H]1O.CC[C@@H]1O[C@H](COC(C)=O)[C@@H](OC(C)=O)[C@H](OC(C)=O)[C@H]1OC(C)=O.O=C1C(Cc2ccccc2)C(c2ccccc2)N1Cc1ccccc1.O=C1C(Cc2ccccc2)C(c2ccccc2)N1Cc1ccccc1. The molecule has 0 spiro atoms. The molecule has 2 amide bonds. The standard InChI is InChI=1S/2C23H21NO.C16H24O9.C8H16O5.10C2H6/c2*25-23-21(16-18-10-4-1-5-11-18)22(20-14-8-3-9-15-20)24(23)17-19-12-6-2-7-13-19;1-6-12-14(22-9(3)18)16(24-11(5)20)15(23-10(4)19)13(25-12)7-21-8(2)17;1-2-4-6(10)8(12)7(11)5(3-9)13-4;10*1-2/h2*1-15,21-22H,16-17H2;12-16H,6-7H2,1-5H3;4-12H,2-3H2,1H3;10*1-2H3/t;;12-,13+,14-,15+,16+;4-,5+,6-,7+,8+;;;;;;;;;;/m..00........../s1. The fourth-order valence-electron chi connectivity index (χ4n) is 11.6. The molecule has 4 saturated heterocycles. The molecule has 4 aliphatic heterocycles. The molecule has 0 radical (unpaired) electrons. The number of aliphatic hydroxyl groups is 4. The predicted octanol–water partition coefficient (Wildman–Crippen LogP) is 18.3. The molecule has 0 saturated carbocycles. The Labute approximate surface area is 652 Å². The molecule has 108 heavy (non-hydrogen) atoms. The Morgan fingerprint density at radius 1 is 0.352 bits per heavy atom. The number of aliphatic hydroxyl groups excluding tert-OH is 4. The van der Waals surface area contributed by atoms with E-state index in [9.17, 15) is 44.1 Å². The van der Waals surface area contributed by atoms with Gasteiger partial charge in [-0.25, -0.2) is 0 Å². The summed E-state index contributed by atoms with van der Waals surface area (Å²) < 4.78 is 31.7. The minimum Gasteiger partial charge on any atom is -0.463 e. The molecule has 4 aliphatic rings. The molecular formula is C90H142N2O16. The lowest BCUT2D eigenvalue weighted by Gasteiger charge is -2.48. The summed E-state index contributed by atoms with van der Waals surface area (Å²) in [5.74, 6) is -1.86. The van der Waals surface area contributed by atoms with Crippen LogP contribution < -0.4 is 0 Å². The lowest BCUT2D eigenvalue weighted by Crippen LogP contribution is -2.62. The van der Waals surface area contributed by atoms with E-state index in [4.69, 9.17) is 33.5 Å². The van der Waals surface area contributed by atoms with E-state index in [2.05, 4.69) is 97.1 Å². The van der Waals surface area contributed by atoms with Crippen LogP contribution in [-0.2, 0) is 83.1 Å². The Balaban J connectivity index is -0.000000628. The molecule has 6 aromatic carbocycles. The lowest BCUT2D eigenvalue weighted by molar-refractivity contribution is -0.252. The van der Waals surface area contributed by atoms with E-state index < -0.39 is 84.9 Å². The van der Waals surface area contributed by atoms with E-state index in [1.807, 2.05) is 233 Å². The van der Waals surface area contributed by atoms with Gasteiger partial charge in [0, 0.05) is 40.8 Å². The van der Waals surface area contributed by atoms with Gasteiger partial charge in [-0.2, -0.15) is 0 Å². The van der Waals surface area contributed by atoms with Gasteiger partial charge in [0.05, 0.1) is 42.7 Å². The number of ether oxygens (including phenoxy) is 6. The number of rotatable bonds is 18. The normalized spacial score (nSPS) is 21.8. The summed E-state index contributed by atoms with van der Waals surface area (Å²) in [6, 6.07) is 62.2. The van der Waals surface area contributed by atoms with Gasteiger partial charge in [-0.3, -0.25) is 28.8 Å². The van der Waals surface area contributed by atoms with Crippen molar-refractivity contribution < 1.29 is 77.6 Å². The van der Waals surface area contributed by atoms with Crippen molar-refractivity contribution in [1.29, 1.82) is 0 Å². The molecule has 4 fully saturated rings. The summed E-state index contributed by atoms with van der Waals surface area (Å²) >= 11 is 0. The van der Waals surface area contributed by atoms with Crippen molar-refractivity contribution in [2.75, 3.05) is 13.2 Å². The van der Waals surface area contributed by atoms with Gasteiger partial charge >= 0.3 is 23.9 Å². The quantitative estimate of drug-likeness (QED) is 0.0355. The molecule has 4 heterocycles. The van der Waals surface area contributed by atoms with Crippen LogP contribution in [0.2, 0.25) is 0 Å². The summed E-state index contributed by atoms with van der Waals surface area (Å²) in [6.07, 6.45) is -6.92. The maximum atomic E-state index is 12.9. The van der Waals surface area contributed by atoms with Gasteiger partial charge < -0.3 is 58.6 Å². The number of carbonyl (C=O) groups excluding carboxylic acids is 6. The average Bonchev–Trinajstić information content (AvgIpc) is 0.757. The third kappa shape index (κ3) is 36.4. The van der Waals surface area contributed by atoms with Gasteiger partial charge in [0.1, 0.15) is 37.1 Å². The molecule has 0 bridgehead atoms. The maximum Gasteiger partial charge on any atom is 0.303 e. The Bertz CT molecular complexity index is 2860. The topological polar surface area (TPSA) is 245 Å². The predicted molar refractivity (Wildman–Crippen MR) is 439 cm³/mol. The van der Waals surface area contributed by atoms with Crippen LogP contribution in [0.1, 0.15) is 238 Å². The molecule has 18 nitrogen and oxygen atoms in total. The highest BCUT2D eigenvalue weighted by molar-refractivity contribution is 5.87. The first kappa shape index (κ1) is 106. The van der Waals surface area contributed by atoms with Crippen molar-refractivity contribution in [2.45, 2.75) is 292 Å². The van der Waals surface area contributed by atoms with Crippen molar-refractivity contribution in [1.82, 2.24) is 9.80 Å². The second-order valence-electron chi connectivity index (χ2n) is 22.1. The zero-order chi connectivity index (χ0) is 83.3. The number of nitrogens with zero attached hydrogens (tertiary/aromatic N) is 2. The first-order chi connectivity index (χ1) is 52.4. The molecule has 10 rings (SSSR count). The largest absolute Gasteiger partial charge is 0.463 e. The van der Waals surface area contributed by atoms with E-state index in [-0.39, 0.29) is 48.9 Å². The van der Waals surface area contributed by atoms with Gasteiger partial charge in [0.15, 0.2) is 18.3 Å². The van der Waals surface area contributed by atoms with Crippen molar-refractivity contribution >= 4 is 35.7 Å². The van der Waals surface area contributed by atoms with Crippen LogP contribution in [-0.4, -0.2) is 140 Å². The number of hydrogen-bond donors (Lipinski definition) is 4. The van der Waals surface area contributed by atoms with Gasteiger partial charge in [-0.05, 0) is 59.1 Å². The van der Waals surface area contributed by atoms with E-state index in [1.165, 1.54) is 61.1 Å². The molecule has 6 aromatic rings. The number of amides is 2. The Morgan fingerprint density at radius 3 is 0.907 bits per heavy atom. The van der Waals surface area contributed by atoms with Gasteiger partial charge in [-0.15, -0.1) is 0 Å². The van der Waals surface area contributed by atoms with Crippen molar-refractivity contribution in [2.24, 2.45) is 11.8 Å². The van der Waals surface area contributed by atoms with Crippen LogP contribution in [0.5, 0.6) is 0 Å². The van der Waals surface area contributed by atoms with Crippen LogP contribution in [0.3, 0.4) is 0 Å². The van der Waals surface area contributed by atoms with Crippen LogP contribution in [0.4, 0.5) is 0 Å². The molecule has 4 unspecified atom stereocenters. The fourth-order valence-corrected chi connectivity index (χ4v) is 11.6. The Morgan fingerprint density at radius 2 is 0.620 bits per heavy atom. The summed E-state index contributed by atoms with van der Waals surface area (Å²) in [5, 5.41) is 36.9. The molecule has 0 aromatic heterocycles. The Kier molecular flexibility index (Phi) is 64.9. The third-order valence-corrected chi connectivity index (χ3v) is 15.8. The number of carbonyl (C=O) groups is 6. The summed E-state index contributed by atoms with van der Waals surface area (Å²) in [6.45, 7) is 49.2. The van der Waals surface area contributed by atoms with E-state index >= 15 is 0 Å². The van der Waals surface area contributed by atoms with Crippen molar-refractivity contribution in [3.63, 3.8) is 0 Å². The minimum atomic E-state index is -1.24. The first-order valence-electron chi connectivity index (χ1n) is 39.9. The second kappa shape index (κ2) is 65.9. The maximum absolute atomic E-state index is 12.9. The minimum absolute atomic E-state index is 0.0218. The van der Waals surface area contributed by atoms with Crippen LogP contribution in [0.25, 0.3) is 0 Å². The summed E-state index contributed by atoms with van der Waals surface area (Å²) in [4.78, 5) is 75.3. The molecular weight excluding hydrogens is 1360 g/mol. The molecule has 4 N–H and O–H groups in total. The summed E-state index contributed by atoms with van der Waals surface area (Å²) in [7, 11) is 0. The molecule has 14 atom stereocenters. The highest BCUT2D eigenvalue weighted by atomic mass is 16.7. The Hall–Kier alpha value is -8.10. The third-order valence-electron chi connectivity index (χ3n) is 15.8. The summed E-state index contributed by atoms with van der Waals surface area (Å²) in [5.41, 5.74) is 7.24. The smallest absolute Gasteiger partial charge is 0.303 e. The molecule has 608 valence electrons. The van der Waals surface area contributed by atoms with Crippen molar-refractivity contribution in [3.8, 4) is 0 Å². The van der Waals surface area contributed by atoms with E-state index in [0.717, 1.165) is 12.8 Å². The van der Waals surface area contributed by atoms with Crippen LogP contribution >= 0.6 is 0 Å². The number of benzene rings is 6. The highest BCUT2D eigenvalue weighted by Gasteiger charge is 2.52. The van der Waals surface area contributed by atoms with Gasteiger partial charge in [0.2, 0.25) is 11.8 Å². The first-order valence-corrected chi connectivity index (χ1v) is 39.9. The second-order valence-corrected chi connectivity index (χ2v) is 22.1. The molecule has 18 heteroatoms. The number of hydrogen-bond acceptors (Lipinski definition) is 16. The monoisotopic (exact) mass is 1510 g/mol. The van der Waals surface area contributed by atoms with Crippen LogP contribution in [0.15, 0.2) is 182 Å². The van der Waals surface area contributed by atoms with Crippen molar-refractivity contribution in [3.05, 3.63) is 215 Å². The van der Waals surface area contributed by atoms with E-state index in [1.54, 1.807) is 13.8 Å². The zero-order valence-electron chi connectivity index (χ0n) is 70.6. The molecule has 0 aliphatic carbocycles. The van der Waals surface area contributed by atoms with Gasteiger partial charge in [-0.1, -0.05) is 334 Å². The zero-order valence-corrected chi connectivity index (χ0v) is 70.6. The van der Waals surface area contributed by atoms with Gasteiger partial charge in [0.25, 0.3) is 0 Å². The number of esters is 4. The number of β-lactam (4-membered cyclic amide) rings is 2.